The molecule has 0 radical (unpaired) electrons. The van der Waals surface area contributed by atoms with Gasteiger partial charge in [-0.1, -0.05) is 29.8 Å². The number of nitrogens with zero attached hydrogens (tertiary/aromatic N) is 2. The highest BCUT2D eigenvalue weighted by molar-refractivity contribution is 6.30. The fourth-order valence-corrected chi connectivity index (χ4v) is 3.08. The number of rotatable bonds is 5. The fraction of sp³-hybridized carbons (Fsp3) is 0.300. The van der Waals surface area contributed by atoms with E-state index in [1.165, 1.54) is 0 Å². The third-order valence-electron chi connectivity index (χ3n) is 4.34. The van der Waals surface area contributed by atoms with Crippen LogP contribution in [0, 0.1) is 0 Å². The summed E-state index contributed by atoms with van der Waals surface area (Å²) in [5.41, 5.74) is 2.06. The molecule has 5 heteroatoms. The molecule has 1 fully saturated rings. The monoisotopic (exact) mass is 355 g/mol. The summed E-state index contributed by atoms with van der Waals surface area (Å²) >= 11 is 5.85. The highest BCUT2D eigenvalue weighted by Gasteiger charge is 2.20. The third kappa shape index (κ3) is 5.69. The number of halogens is 1. The molecule has 4 nitrogen and oxygen atoms in total. The van der Waals surface area contributed by atoms with Crippen molar-refractivity contribution in [2.75, 3.05) is 13.1 Å². The Kier molecular flexibility index (Phi) is 6.20. The number of carbonyl (C=O) groups excluding carboxylic acids is 1. The molecule has 3 rings (SSSR count). The lowest BCUT2D eigenvalue weighted by atomic mass is 10.0. The van der Waals surface area contributed by atoms with E-state index in [4.69, 9.17) is 11.6 Å². The summed E-state index contributed by atoms with van der Waals surface area (Å²) in [6.45, 7) is 2.82. The van der Waals surface area contributed by atoms with Crippen LogP contribution in [0.5, 0.6) is 0 Å². The topological polar surface area (TPSA) is 45.2 Å². The summed E-state index contributed by atoms with van der Waals surface area (Å²) < 4.78 is 0. The van der Waals surface area contributed by atoms with E-state index in [0.717, 1.165) is 43.7 Å². The maximum Gasteiger partial charge on any atom is 0.244 e. The van der Waals surface area contributed by atoms with E-state index < -0.39 is 0 Å². The number of hydrogen-bond donors (Lipinski definition) is 1. The first-order chi connectivity index (χ1) is 12.2. The van der Waals surface area contributed by atoms with E-state index in [1.807, 2.05) is 48.7 Å². The Morgan fingerprint density at radius 3 is 2.64 bits per heavy atom. The Morgan fingerprint density at radius 1 is 1.20 bits per heavy atom. The molecule has 0 aliphatic carbocycles. The number of likely N-dealkylation sites (tertiary alicyclic amines) is 1. The Bertz CT molecular complexity index is 707. The van der Waals surface area contributed by atoms with Crippen molar-refractivity contribution in [3.05, 3.63) is 71.0 Å². The van der Waals surface area contributed by atoms with E-state index in [2.05, 4.69) is 21.3 Å². The molecule has 0 atom stereocenters. The van der Waals surface area contributed by atoms with Crippen LogP contribution in [0.25, 0.3) is 6.08 Å². The Balaban J connectivity index is 1.42. The Morgan fingerprint density at radius 2 is 1.96 bits per heavy atom. The molecule has 2 heterocycles. The zero-order chi connectivity index (χ0) is 17.5. The van der Waals surface area contributed by atoms with Crippen molar-refractivity contribution in [3.63, 3.8) is 0 Å². The van der Waals surface area contributed by atoms with Crippen LogP contribution >= 0.6 is 11.6 Å². The van der Waals surface area contributed by atoms with Crippen LogP contribution in [0.4, 0.5) is 0 Å². The molecule has 2 aromatic rings. The van der Waals surface area contributed by atoms with Crippen molar-refractivity contribution in [2.24, 2.45) is 0 Å². The van der Waals surface area contributed by atoms with Crippen molar-refractivity contribution in [1.29, 1.82) is 0 Å². The van der Waals surface area contributed by atoms with Crippen molar-refractivity contribution < 1.29 is 4.79 Å². The molecule has 1 N–H and O–H groups in total. The van der Waals surface area contributed by atoms with Gasteiger partial charge in [0.05, 0.1) is 5.69 Å². The summed E-state index contributed by atoms with van der Waals surface area (Å²) in [6, 6.07) is 13.7. The predicted octanol–water partition coefficient (Wildman–Crippen LogP) is 3.53. The largest absolute Gasteiger partial charge is 0.350 e. The standard InChI is InChI=1S/C20H22ClN3O/c21-17-7-4-16(5-8-17)6-9-20(25)23-18-10-13-24(14-11-18)15-19-3-1-2-12-22-19/h1-9,12,18H,10-11,13-15H2,(H,23,25). The molecule has 0 saturated carbocycles. The minimum atomic E-state index is -0.0434. The normalized spacial score (nSPS) is 16.2. The van der Waals surface area contributed by atoms with Gasteiger partial charge in [-0.15, -0.1) is 0 Å². The quantitative estimate of drug-likeness (QED) is 0.834. The molecule has 1 aromatic heterocycles. The van der Waals surface area contributed by atoms with Gasteiger partial charge in [-0.05, 0) is 48.7 Å². The van der Waals surface area contributed by atoms with E-state index in [9.17, 15) is 4.79 Å². The van der Waals surface area contributed by atoms with Crippen molar-refractivity contribution >= 4 is 23.6 Å². The number of aromatic nitrogens is 1. The number of pyridine rings is 1. The molecule has 1 aromatic carbocycles. The van der Waals surface area contributed by atoms with Crippen LogP contribution in [-0.4, -0.2) is 34.9 Å². The number of benzene rings is 1. The number of piperidine rings is 1. The first-order valence-electron chi connectivity index (χ1n) is 8.55. The van der Waals surface area contributed by atoms with Gasteiger partial charge in [-0.3, -0.25) is 14.7 Å². The van der Waals surface area contributed by atoms with Gasteiger partial charge in [0, 0.05) is 43.0 Å². The maximum absolute atomic E-state index is 12.1. The Hall–Kier alpha value is -2.17. The summed E-state index contributed by atoms with van der Waals surface area (Å²) in [4.78, 5) is 18.8. The molecular formula is C20H22ClN3O. The lowest BCUT2D eigenvalue weighted by molar-refractivity contribution is -0.117. The SMILES string of the molecule is O=C(C=Cc1ccc(Cl)cc1)NC1CCN(Cc2ccccn2)CC1. The van der Waals surface area contributed by atoms with Crippen LogP contribution in [0.2, 0.25) is 5.02 Å². The zero-order valence-corrected chi connectivity index (χ0v) is 14.8. The highest BCUT2D eigenvalue weighted by atomic mass is 35.5. The van der Waals surface area contributed by atoms with Crippen LogP contribution in [-0.2, 0) is 11.3 Å². The molecular weight excluding hydrogens is 334 g/mol. The molecule has 0 bridgehead atoms. The minimum absolute atomic E-state index is 0.0434. The van der Waals surface area contributed by atoms with Gasteiger partial charge in [0.2, 0.25) is 5.91 Å². The lowest BCUT2D eigenvalue weighted by Crippen LogP contribution is -2.43. The van der Waals surface area contributed by atoms with Gasteiger partial charge in [-0.25, -0.2) is 0 Å². The lowest BCUT2D eigenvalue weighted by Gasteiger charge is -2.31. The second kappa shape index (κ2) is 8.79. The second-order valence-corrected chi connectivity index (χ2v) is 6.70. The molecule has 1 amide bonds. The average molecular weight is 356 g/mol. The fourth-order valence-electron chi connectivity index (χ4n) is 2.95. The van der Waals surface area contributed by atoms with Gasteiger partial charge in [0.15, 0.2) is 0 Å². The van der Waals surface area contributed by atoms with Crippen LogP contribution in [0.1, 0.15) is 24.1 Å². The first-order valence-corrected chi connectivity index (χ1v) is 8.93. The van der Waals surface area contributed by atoms with Crippen molar-refractivity contribution in [2.45, 2.75) is 25.4 Å². The summed E-state index contributed by atoms with van der Waals surface area (Å²) in [7, 11) is 0. The summed E-state index contributed by atoms with van der Waals surface area (Å²) in [6.07, 6.45) is 7.15. The second-order valence-electron chi connectivity index (χ2n) is 6.26. The van der Waals surface area contributed by atoms with Crippen molar-refractivity contribution in [1.82, 2.24) is 15.2 Å². The molecule has 130 valence electrons. The molecule has 1 saturated heterocycles. The van der Waals surface area contributed by atoms with Gasteiger partial charge in [-0.2, -0.15) is 0 Å². The third-order valence-corrected chi connectivity index (χ3v) is 4.59. The van der Waals surface area contributed by atoms with Crippen LogP contribution in [0.15, 0.2) is 54.7 Å². The van der Waals surface area contributed by atoms with E-state index in [-0.39, 0.29) is 11.9 Å². The molecule has 1 aliphatic rings. The van der Waals surface area contributed by atoms with Crippen LogP contribution in [0.3, 0.4) is 0 Å². The molecule has 25 heavy (non-hydrogen) atoms. The van der Waals surface area contributed by atoms with Crippen LogP contribution < -0.4 is 5.32 Å². The number of amides is 1. The predicted molar refractivity (Wildman–Crippen MR) is 101 cm³/mol. The zero-order valence-electron chi connectivity index (χ0n) is 14.1. The average Bonchev–Trinajstić information content (AvgIpc) is 2.64. The molecule has 0 spiro atoms. The molecule has 1 aliphatic heterocycles. The summed E-state index contributed by atoms with van der Waals surface area (Å²) in [5, 5.41) is 3.78. The minimum Gasteiger partial charge on any atom is -0.350 e. The van der Waals surface area contributed by atoms with Crippen molar-refractivity contribution in [3.8, 4) is 0 Å². The van der Waals surface area contributed by atoms with E-state index in [1.54, 1.807) is 6.08 Å². The number of nitrogens with one attached hydrogen (secondary N) is 1. The molecule has 0 unspecified atom stereocenters. The first kappa shape index (κ1) is 17.6. The summed E-state index contributed by atoms with van der Waals surface area (Å²) in [5.74, 6) is -0.0434. The van der Waals surface area contributed by atoms with E-state index in [0.29, 0.717) is 5.02 Å². The van der Waals surface area contributed by atoms with Gasteiger partial charge in [0.1, 0.15) is 0 Å². The van der Waals surface area contributed by atoms with E-state index >= 15 is 0 Å². The number of hydrogen-bond acceptors (Lipinski definition) is 3. The number of carbonyl (C=O) groups is 1. The van der Waals surface area contributed by atoms with Gasteiger partial charge in [0.25, 0.3) is 0 Å². The smallest absolute Gasteiger partial charge is 0.244 e. The van der Waals surface area contributed by atoms with Gasteiger partial charge < -0.3 is 5.32 Å². The Labute approximate surface area is 153 Å². The van der Waals surface area contributed by atoms with Gasteiger partial charge >= 0.3 is 0 Å². The highest BCUT2D eigenvalue weighted by Crippen LogP contribution is 2.13. The maximum atomic E-state index is 12.1.